The lowest BCUT2D eigenvalue weighted by Crippen LogP contribution is -2.40. The molecule has 0 fully saturated rings. The Morgan fingerprint density at radius 3 is 2.56 bits per heavy atom. The van der Waals surface area contributed by atoms with Gasteiger partial charge in [-0.15, -0.1) is 22.0 Å². The minimum Gasteiger partial charge on any atom is -0.493 e. The summed E-state index contributed by atoms with van der Waals surface area (Å²) in [5.74, 6) is 2.26. The largest absolute Gasteiger partial charge is 0.493 e. The van der Waals surface area contributed by atoms with Gasteiger partial charge in [-0.2, -0.15) is 4.80 Å². The quantitative estimate of drug-likeness (QED) is 0.414. The van der Waals surface area contributed by atoms with Crippen molar-refractivity contribution in [2.24, 2.45) is 0 Å². The van der Waals surface area contributed by atoms with Crippen LogP contribution in [0.5, 0.6) is 11.5 Å². The van der Waals surface area contributed by atoms with Crippen molar-refractivity contribution in [2.75, 3.05) is 24.9 Å². The van der Waals surface area contributed by atoms with Crippen molar-refractivity contribution in [1.29, 1.82) is 0 Å². The van der Waals surface area contributed by atoms with Crippen molar-refractivity contribution in [2.45, 2.75) is 17.5 Å². The summed E-state index contributed by atoms with van der Waals surface area (Å²) in [4.78, 5) is 17.9. The Morgan fingerprint density at radius 1 is 1.00 bits per heavy atom. The van der Waals surface area contributed by atoms with Gasteiger partial charge >= 0.3 is 0 Å². The molecule has 0 N–H and O–H groups in total. The number of hydrogen-bond acceptors (Lipinski definition) is 7. The molecule has 0 aliphatic carbocycles. The molecule has 9 heteroatoms. The van der Waals surface area contributed by atoms with Gasteiger partial charge in [0.2, 0.25) is 5.82 Å². The first-order valence-corrected chi connectivity index (χ1v) is 11.8. The molecule has 5 rings (SSSR count). The summed E-state index contributed by atoms with van der Waals surface area (Å²) < 4.78 is 10.7. The smallest absolute Gasteiger partial charge is 0.251 e. The number of aromatic nitrogens is 4. The van der Waals surface area contributed by atoms with Crippen LogP contribution in [-0.4, -0.2) is 46.1 Å². The first-order valence-electron chi connectivity index (χ1n) is 10.8. The first kappa shape index (κ1) is 22.0. The molecule has 1 aliphatic rings. The maximum atomic E-state index is 13.6. The van der Waals surface area contributed by atoms with Gasteiger partial charge in [0.1, 0.15) is 6.54 Å². The van der Waals surface area contributed by atoms with Crippen molar-refractivity contribution in [3.05, 3.63) is 78.4 Å². The molecule has 4 aromatic rings. The molecule has 172 valence electrons. The molecule has 1 amide bonds. The Morgan fingerprint density at radius 2 is 1.76 bits per heavy atom. The molecular weight excluding hydrogens is 450 g/mol. The lowest BCUT2D eigenvalue weighted by molar-refractivity contribution is -0.120. The number of para-hydroxylation sites is 1. The van der Waals surface area contributed by atoms with Gasteiger partial charge in [0, 0.05) is 16.2 Å². The van der Waals surface area contributed by atoms with E-state index in [4.69, 9.17) is 9.47 Å². The van der Waals surface area contributed by atoms with Crippen LogP contribution in [0.1, 0.15) is 11.6 Å². The maximum Gasteiger partial charge on any atom is 0.251 e. The zero-order valence-electron chi connectivity index (χ0n) is 18.8. The Hall–Kier alpha value is -3.85. The number of methoxy groups -OCH3 is 2. The zero-order chi connectivity index (χ0) is 23.5. The molecule has 34 heavy (non-hydrogen) atoms. The number of carbonyl (C=O) groups is 1. The summed E-state index contributed by atoms with van der Waals surface area (Å²) in [5, 5.41) is 12.7. The Bertz CT molecular complexity index is 1310. The molecule has 3 aromatic carbocycles. The van der Waals surface area contributed by atoms with E-state index >= 15 is 0 Å². The Labute approximate surface area is 201 Å². The summed E-state index contributed by atoms with van der Waals surface area (Å²) in [6, 6.07) is 23.4. The predicted molar refractivity (Wildman–Crippen MR) is 130 cm³/mol. The molecule has 0 spiro atoms. The third-order valence-electron chi connectivity index (χ3n) is 5.66. The Kier molecular flexibility index (Phi) is 6.18. The van der Waals surface area contributed by atoms with Crippen molar-refractivity contribution < 1.29 is 14.3 Å². The van der Waals surface area contributed by atoms with Crippen molar-refractivity contribution in [3.63, 3.8) is 0 Å². The lowest BCUT2D eigenvalue weighted by Gasteiger charge is -2.37. The van der Waals surface area contributed by atoms with E-state index in [2.05, 4.69) is 27.5 Å². The highest BCUT2D eigenvalue weighted by Gasteiger charge is 2.32. The standard InChI is InChI=1S/C25H23N5O3S/c1-32-21-13-12-18(14-22(21)33-2)25-26-28-29(27-25)15-24(31)30-19-10-6-7-11-23(19)34-16-20(30)17-8-4-3-5-9-17/h3-14,20H,15-16H2,1-2H3. The number of nitrogens with zero attached hydrogens (tertiary/aromatic N) is 5. The molecule has 1 atom stereocenters. The first-order chi connectivity index (χ1) is 16.7. The summed E-state index contributed by atoms with van der Waals surface area (Å²) in [6.07, 6.45) is 0. The lowest BCUT2D eigenvalue weighted by atomic mass is 10.1. The molecule has 1 aliphatic heterocycles. The summed E-state index contributed by atoms with van der Waals surface area (Å²) in [5.41, 5.74) is 2.71. The van der Waals surface area contributed by atoms with Crippen LogP contribution in [-0.2, 0) is 11.3 Å². The van der Waals surface area contributed by atoms with Crippen LogP contribution in [0, 0.1) is 0 Å². The van der Waals surface area contributed by atoms with Gasteiger partial charge in [-0.3, -0.25) is 4.79 Å². The number of benzene rings is 3. The second kappa shape index (κ2) is 9.56. The van der Waals surface area contributed by atoms with Crippen LogP contribution in [0.3, 0.4) is 0 Å². The minimum atomic E-state index is -0.0992. The highest BCUT2D eigenvalue weighted by molar-refractivity contribution is 7.99. The number of carbonyl (C=O) groups excluding carboxylic acids is 1. The van der Waals surface area contributed by atoms with E-state index in [1.807, 2.05) is 53.4 Å². The maximum absolute atomic E-state index is 13.6. The van der Waals surface area contributed by atoms with E-state index in [0.29, 0.717) is 17.3 Å². The fourth-order valence-corrected chi connectivity index (χ4v) is 5.18. The van der Waals surface area contributed by atoms with E-state index in [-0.39, 0.29) is 18.5 Å². The van der Waals surface area contributed by atoms with Crippen LogP contribution in [0.25, 0.3) is 11.4 Å². The van der Waals surface area contributed by atoms with Crippen LogP contribution in [0.15, 0.2) is 77.7 Å². The molecule has 0 radical (unpaired) electrons. The molecule has 2 heterocycles. The van der Waals surface area contributed by atoms with Gasteiger partial charge in [-0.05, 0) is 41.1 Å². The van der Waals surface area contributed by atoms with Gasteiger partial charge in [0.25, 0.3) is 5.91 Å². The minimum absolute atomic E-state index is 0.0252. The fourth-order valence-electron chi connectivity index (χ4n) is 4.02. The van der Waals surface area contributed by atoms with E-state index in [0.717, 1.165) is 27.5 Å². The number of amides is 1. The number of fused-ring (bicyclic) bond motifs is 1. The second-order valence-corrected chi connectivity index (χ2v) is 8.74. The van der Waals surface area contributed by atoms with Gasteiger partial charge in [0.15, 0.2) is 11.5 Å². The van der Waals surface area contributed by atoms with Crippen LogP contribution >= 0.6 is 11.8 Å². The molecule has 0 saturated heterocycles. The van der Waals surface area contributed by atoms with Gasteiger partial charge in [-0.25, -0.2) is 0 Å². The molecule has 1 aromatic heterocycles. The van der Waals surface area contributed by atoms with E-state index in [1.165, 1.54) is 4.80 Å². The number of hydrogen-bond donors (Lipinski definition) is 0. The summed E-state index contributed by atoms with van der Waals surface area (Å²) in [6.45, 7) is -0.0252. The SMILES string of the molecule is COc1ccc(-c2nnn(CC(=O)N3c4ccccc4SCC3c3ccccc3)n2)cc1OC. The van der Waals surface area contributed by atoms with Crippen LogP contribution < -0.4 is 14.4 Å². The molecule has 8 nitrogen and oxygen atoms in total. The molecule has 0 saturated carbocycles. The van der Waals surface area contributed by atoms with Crippen LogP contribution in [0.4, 0.5) is 5.69 Å². The average molecular weight is 474 g/mol. The molecule has 1 unspecified atom stereocenters. The highest BCUT2D eigenvalue weighted by Crippen LogP contribution is 2.43. The predicted octanol–water partition coefficient (Wildman–Crippen LogP) is 4.24. The van der Waals surface area contributed by atoms with Gasteiger partial charge < -0.3 is 14.4 Å². The molecular formula is C25H23N5O3S. The van der Waals surface area contributed by atoms with Gasteiger partial charge in [0.05, 0.1) is 25.9 Å². The van der Waals surface area contributed by atoms with Crippen molar-refractivity contribution in [1.82, 2.24) is 20.2 Å². The third kappa shape index (κ3) is 4.22. The Balaban J connectivity index is 1.42. The number of anilines is 1. The zero-order valence-corrected chi connectivity index (χ0v) is 19.6. The summed E-state index contributed by atoms with van der Waals surface area (Å²) in [7, 11) is 3.15. The fraction of sp³-hybridized carbons (Fsp3) is 0.200. The number of tetrazole rings is 1. The number of thioether (sulfide) groups is 1. The molecule has 0 bridgehead atoms. The van der Waals surface area contributed by atoms with Gasteiger partial charge in [-0.1, -0.05) is 42.5 Å². The third-order valence-corrected chi connectivity index (χ3v) is 6.80. The van der Waals surface area contributed by atoms with E-state index in [1.54, 1.807) is 38.1 Å². The second-order valence-electron chi connectivity index (χ2n) is 7.68. The van der Waals surface area contributed by atoms with E-state index in [9.17, 15) is 4.79 Å². The van der Waals surface area contributed by atoms with Crippen LogP contribution in [0.2, 0.25) is 0 Å². The topological polar surface area (TPSA) is 82.4 Å². The average Bonchev–Trinajstić information content (AvgIpc) is 3.36. The number of rotatable bonds is 6. The monoisotopic (exact) mass is 473 g/mol. The summed E-state index contributed by atoms with van der Waals surface area (Å²) >= 11 is 1.76. The normalized spacial score (nSPS) is 15.0. The number of ether oxygens (including phenoxy) is 2. The van der Waals surface area contributed by atoms with Crippen molar-refractivity contribution in [3.8, 4) is 22.9 Å². The van der Waals surface area contributed by atoms with E-state index < -0.39 is 0 Å². The van der Waals surface area contributed by atoms with Crippen molar-refractivity contribution >= 4 is 23.4 Å². The highest BCUT2D eigenvalue weighted by atomic mass is 32.2.